The van der Waals surface area contributed by atoms with Gasteiger partial charge in [0.2, 0.25) is 0 Å². The van der Waals surface area contributed by atoms with E-state index in [1.54, 1.807) is 0 Å². The van der Waals surface area contributed by atoms with Gasteiger partial charge in [-0.15, -0.1) is 0 Å². The zero-order valence-electron chi connectivity index (χ0n) is 7.33. The van der Waals surface area contributed by atoms with E-state index in [1.165, 1.54) is 0 Å². The summed E-state index contributed by atoms with van der Waals surface area (Å²) in [5.41, 5.74) is 0. The molecular weight excluding hydrogens is 146 g/mol. The maximum atomic E-state index is 8.78. The molecule has 4 heteroatoms. The number of quaternary nitrogens is 1. The van der Waals surface area contributed by atoms with E-state index in [2.05, 4.69) is 28.1 Å². The van der Waals surface area contributed by atoms with Crippen molar-refractivity contribution in [2.75, 3.05) is 34.3 Å². The molecule has 0 amide bonds. The Morgan fingerprint density at radius 2 is 1.82 bits per heavy atom. The Hall–Kier alpha value is -0.610. The van der Waals surface area contributed by atoms with E-state index in [0.29, 0.717) is 0 Å². The van der Waals surface area contributed by atoms with Gasteiger partial charge in [-0.05, 0) is 6.92 Å². The van der Waals surface area contributed by atoms with Crippen molar-refractivity contribution in [2.45, 2.75) is 0 Å². The first-order chi connectivity index (χ1) is 4.79. The minimum atomic E-state index is -1.33. The third-order valence-corrected chi connectivity index (χ3v) is 0.771. The minimum absolute atomic E-state index is 0.281. The van der Waals surface area contributed by atoms with Gasteiger partial charge in [-0.2, -0.15) is 0 Å². The lowest BCUT2D eigenvalue weighted by Crippen LogP contribution is -2.36. The van der Waals surface area contributed by atoms with Crippen LogP contribution in [0.3, 0.4) is 0 Å². The number of carbonyl (C=O) groups excluding carboxylic acids is 1. The first kappa shape index (κ1) is 13.0. The molecule has 1 radical (unpaired) electrons. The fraction of sp³-hybridized carbons (Fsp3) is 0.714. The highest BCUT2D eigenvalue weighted by molar-refractivity contribution is 5.68. The topological polar surface area (TPSA) is 60.4 Å². The van der Waals surface area contributed by atoms with E-state index in [9.17, 15) is 0 Å². The summed E-state index contributed by atoms with van der Waals surface area (Å²) >= 11 is 0. The summed E-state index contributed by atoms with van der Waals surface area (Å²) in [5.74, 6) is -1.33. The molecule has 0 rings (SSSR count). The van der Waals surface area contributed by atoms with Crippen molar-refractivity contribution >= 4 is 5.97 Å². The Bertz CT molecular complexity index is 103. The molecule has 0 unspecified atom stereocenters. The SMILES string of the molecule is C[N+](C)(C)CCO.[CH2]C(=O)[O-]. The van der Waals surface area contributed by atoms with E-state index in [-0.39, 0.29) is 6.61 Å². The molecule has 0 saturated heterocycles. The summed E-state index contributed by atoms with van der Waals surface area (Å²) in [6.07, 6.45) is 0. The van der Waals surface area contributed by atoms with E-state index < -0.39 is 5.97 Å². The predicted molar refractivity (Wildman–Crippen MR) is 40.3 cm³/mol. The first-order valence-corrected chi connectivity index (χ1v) is 3.24. The Balaban J connectivity index is 0. The Morgan fingerprint density at radius 3 is 1.82 bits per heavy atom. The van der Waals surface area contributed by atoms with E-state index in [1.807, 2.05) is 0 Å². The molecule has 4 nitrogen and oxygen atoms in total. The van der Waals surface area contributed by atoms with Crippen molar-refractivity contribution in [3.8, 4) is 0 Å². The molecule has 0 fully saturated rings. The number of rotatable bonds is 2. The van der Waals surface area contributed by atoms with Gasteiger partial charge in [-0.3, -0.25) is 0 Å². The number of hydrogen-bond acceptors (Lipinski definition) is 3. The third kappa shape index (κ3) is 44.6. The normalized spacial score (nSPS) is 9.91. The highest BCUT2D eigenvalue weighted by Gasteiger charge is 2.02. The second-order valence-corrected chi connectivity index (χ2v) is 3.11. The lowest BCUT2D eigenvalue weighted by molar-refractivity contribution is -0.870. The van der Waals surface area contributed by atoms with Gasteiger partial charge < -0.3 is 19.5 Å². The Kier molecular flexibility index (Phi) is 7.24. The number of carboxylic acids is 1. The summed E-state index contributed by atoms with van der Waals surface area (Å²) in [7, 11) is 6.16. The molecule has 0 saturated carbocycles. The van der Waals surface area contributed by atoms with E-state index in [4.69, 9.17) is 15.0 Å². The summed E-state index contributed by atoms with van der Waals surface area (Å²) < 4.78 is 0.844. The predicted octanol–water partition coefficient (Wildman–Crippen LogP) is -1.74. The van der Waals surface area contributed by atoms with E-state index >= 15 is 0 Å². The van der Waals surface area contributed by atoms with Crippen molar-refractivity contribution in [3.63, 3.8) is 0 Å². The van der Waals surface area contributed by atoms with Crippen LogP contribution in [0.2, 0.25) is 0 Å². The summed E-state index contributed by atoms with van der Waals surface area (Å²) in [4.78, 5) is 8.78. The Morgan fingerprint density at radius 1 is 1.55 bits per heavy atom. The fourth-order valence-electron chi connectivity index (χ4n) is 0.300. The number of likely N-dealkylation sites (N-methyl/N-ethyl adjacent to an activating group) is 1. The molecule has 0 aromatic rings. The molecule has 11 heavy (non-hydrogen) atoms. The van der Waals surface area contributed by atoms with E-state index in [0.717, 1.165) is 11.0 Å². The average molecular weight is 162 g/mol. The van der Waals surface area contributed by atoms with Gasteiger partial charge in [0, 0.05) is 5.97 Å². The zero-order chi connectivity index (χ0) is 9.49. The second-order valence-electron chi connectivity index (χ2n) is 3.11. The van der Waals surface area contributed by atoms with Crippen LogP contribution in [0.5, 0.6) is 0 Å². The number of carbonyl (C=O) groups is 1. The summed E-state index contributed by atoms with van der Waals surface area (Å²) in [5, 5.41) is 17.2. The molecule has 0 aromatic carbocycles. The van der Waals surface area contributed by atoms with Gasteiger partial charge in [0.15, 0.2) is 0 Å². The van der Waals surface area contributed by atoms with Crippen LogP contribution in [0.25, 0.3) is 0 Å². The number of aliphatic carboxylic acids is 1. The minimum Gasteiger partial charge on any atom is -0.550 e. The highest BCUT2D eigenvalue weighted by atomic mass is 16.4. The molecule has 0 aliphatic carbocycles. The van der Waals surface area contributed by atoms with Crippen molar-refractivity contribution in [1.82, 2.24) is 0 Å². The van der Waals surface area contributed by atoms with Crippen LogP contribution in [0.15, 0.2) is 0 Å². The lowest BCUT2D eigenvalue weighted by atomic mass is 10.5. The van der Waals surface area contributed by atoms with Crippen molar-refractivity contribution in [2.24, 2.45) is 0 Å². The van der Waals surface area contributed by atoms with Crippen LogP contribution in [-0.2, 0) is 4.79 Å². The van der Waals surface area contributed by atoms with Gasteiger partial charge in [-0.25, -0.2) is 0 Å². The van der Waals surface area contributed by atoms with Crippen LogP contribution in [0.1, 0.15) is 0 Å². The van der Waals surface area contributed by atoms with Gasteiger partial charge in [-0.1, -0.05) is 0 Å². The van der Waals surface area contributed by atoms with Gasteiger partial charge in [0.25, 0.3) is 0 Å². The average Bonchev–Trinajstić information content (AvgIpc) is 1.58. The van der Waals surface area contributed by atoms with Crippen LogP contribution in [0, 0.1) is 6.92 Å². The number of nitrogens with zero attached hydrogens (tertiary/aromatic N) is 1. The smallest absolute Gasteiger partial charge is 0.101 e. The lowest BCUT2D eigenvalue weighted by Gasteiger charge is -2.21. The number of carboxylic acid groups (broad SMARTS) is 1. The van der Waals surface area contributed by atoms with Gasteiger partial charge >= 0.3 is 0 Å². The molecule has 0 atom stereocenters. The molecular formula is C7H16NO3. The summed E-state index contributed by atoms with van der Waals surface area (Å²) in [6, 6.07) is 0. The standard InChI is InChI=1S/C5H14NO.C2H3O2/c1-6(2,3)4-5-7;1-2(3)4/h7H,4-5H2,1-3H3;1H2,(H,3,4)/q+1;/p-1. The van der Waals surface area contributed by atoms with Crippen LogP contribution >= 0.6 is 0 Å². The maximum absolute atomic E-state index is 8.78. The highest BCUT2D eigenvalue weighted by Crippen LogP contribution is 1.84. The molecule has 0 aliphatic rings. The largest absolute Gasteiger partial charge is 0.550 e. The number of aliphatic hydroxyl groups excluding tert-OH is 1. The van der Waals surface area contributed by atoms with Crippen molar-refractivity contribution < 1.29 is 19.5 Å². The van der Waals surface area contributed by atoms with Gasteiger partial charge in [0.05, 0.1) is 27.7 Å². The zero-order valence-corrected chi connectivity index (χ0v) is 7.33. The van der Waals surface area contributed by atoms with Crippen LogP contribution in [0.4, 0.5) is 0 Å². The third-order valence-electron chi connectivity index (χ3n) is 0.771. The molecule has 1 N–H and O–H groups in total. The van der Waals surface area contributed by atoms with Crippen molar-refractivity contribution in [3.05, 3.63) is 6.92 Å². The second kappa shape index (κ2) is 6.12. The Labute approximate surface area is 67.7 Å². The van der Waals surface area contributed by atoms with Gasteiger partial charge in [0.1, 0.15) is 6.54 Å². The number of hydrogen-bond donors (Lipinski definition) is 1. The molecule has 67 valence electrons. The fourth-order valence-corrected chi connectivity index (χ4v) is 0.300. The molecule has 0 aliphatic heterocycles. The molecule has 0 heterocycles. The molecule has 0 spiro atoms. The molecule has 0 bridgehead atoms. The van der Waals surface area contributed by atoms with Crippen molar-refractivity contribution in [1.29, 1.82) is 0 Å². The number of aliphatic hydroxyl groups is 1. The maximum Gasteiger partial charge on any atom is 0.101 e. The van der Waals surface area contributed by atoms with Crippen LogP contribution in [-0.4, -0.2) is 49.9 Å². The van der Waals surface area contributed by atoms with Crippen LogP contribution < -0.4 is 5.11 Å². The first-order valence-electron chi connectivity index (χ1n) is 3.24. The monoisotopic (exact) mass is 162 g/mol. The quantitative estimate of drug-likeness (QED) is 0.490. The molecule has 0 aromatic heterocycles. The summed E-state index contributed by atoms with van der Waals surface area (Å²) in [6.45, 7) is 3.56.